The third-order valence-corrected chi connectivity index (χ3v) is 3.43. The molecule has 0 heterocycles. The molecule has 1 aromatic carbocycles. The molecule has 3 N–H and O–H groups in total. The van der Waals surface area contributed by atoms with Crippen LogP contribution in [0.3, 0.4) is 0 Å². The highest BCUT2D eigenvalue weighted by atomic mass is 16.5. The largest absolute Gasteiger partial charge is 0.409 e. The van der Waals surface area contributed by atoms with E-state index < -0.39 is 0 Å². The molecule has 0 radical (unpaired) electrons. The fraction of sp³-hybridized carbons (Fsp3) is 0.500. The molecule has 0 atom stereocenters. The zero-order valence-electron chi connectivity index (χ0n) is 10.5. The number of ether oxygens (including phenoxy) is 1. The van der Waals surface area contributed by atoms with Crippen LogP contribution >= 0.6 is 0 Å². The van der Waals surface area contributed by atoms with Gasteiger partial charge < -0.3 is 15.7 Å². The molecular formula is C14H20N2O2. The second-order valence-electron chi connectivity index (χ2n) is 4.85. The first-order chi connectivity index (χ1) is 8.79. The Bertz CT molecular complexity index is 412. The molecule has 2 rings (SSSR count). The predicted molar refractivity (Wildman–Crippen MR) is 70.6 cm³/mol. The third kappa shape index (κ3) is 3.47. The van der Waals surface area contributed by atoms with Crippen LogP contribution in [0.1, 0.15) is 36.8 Å². The Kier molecular flexibility index (Phi) is 4.59. The van der Waals surface area contributed by atoms with Gasteiger partial charge in [-0.1, -0.05) is 36.2 Å². The second-order valence-corrected chi connectivity index (χ2v) is 4.85. The average molecular weight is 248 g/mol. The fourth-order valence-electron chi connectivity index (χ4n) is 2.40. The molecule has 98 valence electrons. The maximum absolute atomic E-state index is 8.63. The van der Waals surface area contributed by atoms with Crippen LogP contribution in [-0.4, -0.2) is 17.6 Å². The number of nitrogens with two attached hydrogens (primary N) is 1. The number of amidine groups is 1. The van der Waals surface area contributed by atoms with Crippen molar-refractivity contribution in [3.05, 3.63) is 35.4 Å². The minimum atomic E-state index is 0.132. The first-order valence-corrected chi connectivity index (χ1v) is 6.44. The Balaban J connectivity index is 1.85. The van der Waals surface area contributed by atoms with Crippen LogP contribution in [0.5, 0.6) is 0 Å². The quantitative estimate of drug-likeness (QED) is 0.364. The Labute approximate surface area is 107 Å². The number of oxime groups is 1. The number of hydrogen-bond donors (Lipinski definition) is 2. The molecule has 1 fully saturated rings. The second kappa shape index (κ2) is 6.40. The van der Waals surface area contributed by atoms with Gasteiger partial charge in [-0.05, 0) is 30.4 Å². The molecule has 1 aromatic rings. The van der Waals surface area contributed by atoms with Crippen molar-refractivity contribution >= 4 is 5.84 Å². The molecule has 0 spiro atoms. The normalized spacial score (nSPS) is 17.2. The maximum atomic E-state index is 8.63. The molecule has 1 aliphatic rings. The van der Waals surface area contributed by atoms with Gasteiger partial charge in [-0.2, -0.15) is 0 Å². The molecule has 0 bridgehead atoms. The molecule has 1 aliphatic carbocycles. The van der Waals surface area contributed by atoms with Crippen molar-refractivity contribution in [3.63, 3.8) is 0 Å². The first-order valence-electron chi connectivity index (χ1n) is 6.44. The number of nitrogens with zero attached hydrogens (tertiary/aromatic N) is 1. The summed E-state index contributed by atoms with van der Waals surface area (Å²) >= 11 is 0. The van der Waals surface area contributed by atoms with Crippen LogP contribution in [-0.2, 0) is 11.3 Å². The van der Waals surface area contributed by atoms with E-state index in [-0.39, 0.29) is 5.84 Å². The number of benzene rings is 1. The van der Waals surface area contributed by atoms with Crippen LogP contribution in [0.2, 0.25) is 0 Å². The van der Waals surface area contributed by atoms with Gasteiger partial charge in [0.25, 0.3) is 0 Å². The van der Waals surface area contributed by atoms with Crippen molar-refractivity contribution in [2.75, 3.05) is 6.61 Å². The number of rotatable bonds is 5. The summed E-state index contributed by atoms with van der Waals surface area (Å²) in [7, 11) is 0. The Hall–Kier alpha value is -1.55. The van der Waals surface area contributed by atoms with E-state index >= 15 is 0 Å². The molecule has 4 heteroatoms. The van der Waals surface area contributed by atoms with Crippen molar-refractivity contribution in [2.45, 2.75) is 32.3 Å². The highest BCUT2D eigenvalue weighted by molar-refractivity contribution is 5.97. The standard InChI is InChI=1S/C14H20N2O2/c15-14(16-17)13-7-3-6-12(8-13)10-18-9-11-4-1-2-5-11/h3,6-8,11,17H,1-2,4-5,9-10H2,(H2,15,16). The lowest BCUT2D eigenvalue weighted by molar-refractivity contribution is 0.0889. The van der Waals surface area contributed by atoms with E-state index in [4.69, 9.17) is 15.7 Å². The number of hydrogen-bond acceptors (Lipinski definition) is 3. The van der Waals surface area contributed by atoms with Gasteiger partial charge in [0.05, 0.1) is 6.61 Å². The first kappa shape index (κ1) is 12.9. The summed E-state index contributed by atoms with van der Waals surface area (Å²) in [6, 6.07) is 7.59. The topological polar surface area (TPSA) is 67.8 Å². The summed E-state index contributed by atoms with van der Waals surface area (Å²) in [6.07, 6.45) is 5.27. The minimum Gasteiger partial charge on any atom is -0.409 e. The molecule has 1 saturated carbocycles. The van der Waals surface area contributed by atoms with Crippen LogP contribution in [0.25, 0.3) is 0 Å². The summed E-state index contributed by atoms with van der Waals surface area (Å²) in [5.74, 6) is 0.866. The molecule has 0 saturated heterocycles. The summed E-state index contributed by atoms with van der Waals surface area (Å²) < 4.78 is 5.73. The zero-order chi connectivity index (χ0) is 12.8. The Morgan fingerprint density at radius 3 is 2.89 bits per heavy atom. The SMILES string of the molecule is NC(=NO)c1cccc(COCC2CCCC2)c1. The van der Waals surface area contributed by atoms with Gasteiger partial charge in [-0.3, -0.25) is 0 Å². The highest BCUT2D eigenvalue weighted by Crippen LogP contribution is 2.25. The van der Waals surface area contributed by atoms with Crippen molar-refractivity contribution in [2.24, 2.45) is 16.8 Å². The van der Waals surface area contributed by atoms with E-state index in [9.17, 15) is 0 Å². The van der Waals surface area contributed by atoms with Crippen LogP contribution < -0.4 is 5.73 Å². The van der Waals surface area contributed by atoms with E-state index in [2.05, 4.69) is 5.16 Å². The van der Waals surface area contributed by atoms with Crippen molar-refractivity contribution < 1.29 is 9.94 Å². The lowest BCUT2D eigenvalue weighted by atomic mass is 10.1. The lowest BCUT2D eigenvalue weighted by Crippen LogP contribution is -2.13. The summed E-state index contributed by atoms with van der Waals surface area (Å²) in [6.45, 7) is 1.43. The van der Waals surface area contributed by atoms with Gasteiger partial charge in [0.15, 0.2) is 5.84 Å². The fourth-order valence-corrected chi connectivity index (χ4v) is 2.40. The van der Waals surface area contributed by atoms with Crippen molar-refractivity contribution in [1.29, 1.82) is 0 Å². The zero-order valence-corrected chi connectivity index (χ0v) is 10.5. The van der Waals surface area contributed by atoms with E-state index in [1.807, 2.05) is 24.3 Å². The van der Waals surface area contributed by atoms with Crippen LogP contribution in [0, 0.1) is 5.92 Å². The van der Waals surface area contributed by atoms with E-state index in [0.29, 0.717) is 6.61 Å². The van der Waals surface area contributed by atoms with E-state index in [1.54, 1.807) is 0 Å². The molecule has 0 unspecified atom stereocenters. The van der Waals surface area contributed by atoms with Gasteiger partial charge in [0, 0.05) is 12.2 Å². The smallest absolute Gasteiger partial charge is 0.170 e. The summed E-state index contributed by atoms with van der Waals surface area (Å²) in [5.41, 5.74) is 7.33. The van der Waals surface area contributed by atoms with Gasteiger partial charge in [0.1, 0.15) is 0 Å². The van der Waals surface area contributed by atoms with Gasteiger partial charge >= 0.3 is 0 Å². The molecule has 0 aromatic heterocycles. The molecule has 4 nitrogen and oxygen atoms in total. The monoisotopic (exact) mass is 248 g/mol. The van der Waals surface area contributed by atoms with Crippen molar-refractivity contribution in [1.82, 2.24) is 0 Å². The lowest BCUT2D eigenvalue weighted by Gasteiger charge is -2.10. The maximum Gasteiger partial charge on any atom is 0.170 e. The Morgan fingerprint density at radius 1 is 1.39 bits per heavy atom. The van der Waals surface area contributed by atoms with Gasteiger partial charge in [-0.15, -0.1) is 0 Å². The van der Waals surface area contributed by atoms with Gasteiger partial charge in [0.2, 0.25) is 0 Å². The van der Waals surface area contributed by atoms with Gasteiger partial charge in [-0.25, -0.2) is 0 Å². The molecular weight excluding hydrogens is 228 g/mol. The van der Waals surface area contributed by atoms with Crippen LogP contribution in [0.4, 0.5) is 0 Å². The van der Waals surface area contributed by atoms with E-state index in [1.165, 1.54) is 25.7 Å². The average Bonchev–Trinajstić information content (AvgIpc) is 2.91. The van der Waals surface area contributed by atoms with E-state index in [0.717, 1.165) is 23.7 Å². The third-order valence-electron chi connectivity index (χ3n) is 3.43. The Morgan fingerprint density at radius 2 is 2.17 bits per heavy atom. The molecule has 18 heavy (non-hydrogen) atoms. The predicted octanol–water partition coefficient (Wildman–Crippen LogP) is 2.49. The molecule has 0 aliphatic heterocycles. The van der Waals surface area contributed by atoms with Crippen molar-refractivity contribution in [3.8, 4) is 0 Å². The minimum absolute atomic E-state index is 0.132. The highest BCUT2D eigenvalue weighted by Gasteiger charge is 2.14. The van der Waals surface area contributed by atoms with Crippen LogP contribution in [0.15, 0.2) is 29.4 Å². The molecule has 0 amide bonds. The summed E-state index contributed by atoms with van der Waals surface area (Å²) in [5, 5.41) is 11.6. The summed E-state index contributed by atoms with van der Waals surface area (Å²) in [4.78, 5) is 0.